The van der Waals surface area contributed by atoms with Gasteiger partial charge in [0.05, 0.1) is 18.8 Å². The Morgan fingerprint density at radius 3 is 2.50 bits per heavy atom. The molecule has 0 N–H and O–H groups in total. The Kier molecular flexibility index (Phi) is 3.98. The average Bonchev–Trinajstić information content (AvgIpc) is 2.19. The van der Waals surface area contributed by atoms with Gasteiger partial charge in [-0.05, 0) is 26.0 Å². The summed E-state index contributed by atoms with van der Waals surface area (Å²) < 4.78 is 10.6. The maximum atomic E-state index is 10.5. The summed E-state index contributed by atoms with van der Waals surface area (Å²) in [5.74, 6) is 1.23. The smallest absolute Gasteiger partial charge is 0.237 e. The van der Waals surface area contributed by atoms with Crippen LogP contribution in [-0.2, 0) is 4.79 Å². The first-order valence-electron chi connectivity index (χ1n) is 4.59. The number of rotatable bonds is 5. The van der Waals surface area contributed by atoms with Crippen molar-refractivity contribution in [2.24, 2.45) is 0 Å². The van der Waals surface area contributed by atoms with Crippen molar-refractivity contribution in [2.45, 2.75) is 13.8 Å². The van der Waals surface area contributed by atoms with Crippen LogP contribution in [0.2, 0.25) is 0 Å². The monoisotopic (exact) mass is 193 g/mol. The van der Waals surface area contributed by atoms with Gasteiger partial charge in [-0.15, -0.1) is 0 Å². The van der Waals surface area contributed by atoms with Crippen LogP contribution < -0.4 is 9.47 Å². The van der Waals surface area contributed by atoms with E-state index in [4.69, 9.17) is 9.47 Å². The lowest BCUT2D eigenvalue weighted by Gasteiger charge is -2.08. The van der Waals surface area contributed by atoms with Crippen LogP contribution in [0.4, 0.5) is 0 Å². The maximum absolute atomic E-state index is 10.5. The SMILES string of the molecule is CCOc1ccc([C]=O)c(OCC)c1. The second-order valence-electron chi connectivity index (χ2n) is 2.63. The molecule has 0 fully saturated rings. The van der Waals surface area contributed by atoms with Crippen LogP contribution in [0.1, 0.15) is 19.4 Å². The highest BCUT2D eigenvalue weighted by atomic mass is 16.5. The van der Waals surface area contributed by atoms with Gasteiger partial charge >= 0.3 is 0 Å². The van der Waals surface area contributed by atoms with Crippen molar-refractivity contribution >= 4 is 6.29 Å². The number of benzene rings is 1. The van der Waals surface area contributed by atoms with Gasteiger partial charge in [0.25, 0.3) is 0 Å². The minimum atomic E-state index is 0.426. The minimum Gasteiger partial charge on any atom is -0.494 e. The van der Waals surface area contributed by atoms with Crippen molar-refractivity contribution in [3.05, 3.63) is 23.8 Å². The molecule has 0 amide bonds. The Morgan fingerprint density at radius 1 is 1.21 bits per heavy atom. The summed E-state index contributed by atoms with van der Waals surface area (Å²) in [6.45, 7) is 4.88. The molecule has 1 aromatic rings. The van der Waals surface area contributed by atoms with Gasteiger partial charge in [0, 0.05) is 6.07 Å². The predicted octanol–water partition coefficient (Wildman–Crippen LogP) is 1.94. The fourth-order valence-electron chi connectivity index (χ4n) is 1.12. The van der Waals surface area contributed by atoms with E-state index in [0.717, 1.165) is 0 Å². The summed E-state index contributed by atoms with van der Waals surface area (Å²) in [7, 11) is 0. The second-order valence-corrected chi connectivity index (χ2v) is 2.63. The Bertz CT molecular complexity index is 307. The van der Waals surface area contributed by atoms with E-state index in [2.05, 4.69) is 0 Å². The van der Waals surface area contributed by atoms with Gasteiger partial charge < -0.3 is 9.47 Å². The molecule has 0 aromatic heterocycles. The molecule has 0 saturated heterocycles. The van der Waals surface area contributed by atoms with Crippen molar-refractivity contribution in [3.63, 3.8) is 0 Å². The fourth-order valence-corrected chi connectivity index (χ4v) is 1.12. The Hall–Kier alpha value is -1.51. The van der Waals surface area contributed by atoms with Gasteiger partial charge in [-0.1, -0.05) is 0 Å². The highest BCUT2D eigenvalue weighted by molar-refractivity contribution is 5.80. The highest BCUT2D eigenvalue weighted by Crippen LogP contribution is 2.23. The Morgan fingerprint density at radius 2 is 1.93 bits per heavy atom. The topological polar surface area (TPSA) is 35.5 Å². The standard InChI is InChI=1S/C11H13O3/c1-3-13-10-6-5-9(8-12)11(7-10)14-4-2/h5-7H,3-4H2,1-2H3. The second kappa shape index (κ2) is 5.27. The molecule has 0 spiro atoms. The molecule has 3 nitrogen and oxygen atoms in total. The van der Waals surface area contributed by atoms with Crippen LogP contribution in [0.15, 0.2) is 18.2 Å². The molecule has 0 unspecified atom stereocenters. The third-order valence-electron chi connectivity index (χ3n) is 1.67. The number of carbonyl (C=O) groups excluding carboxylic acids is 1. The minimum absolute atomic E-state index is 0.426. The number of hydrogen-bond acceptors (Lipinski definition) is 3. The van der Waals surface area contributed by atoms with Crippen LogP contribution in [0.25, 0.3) is 0 Å². The third kappa shape index (κ3) is 2.49. The van der Waals surface area contributed by atoms with Crippen molar-refractivity contribution < 1.29 is 14.3 Å². The summed E-state index contributed by atoms with van der Waals surface area (Å²) in [6, 6.07) is 5.07. The summed E-state index contributed by atoms with van der Waals surface area (Å²) in [5.41, 5.74) is 0.426. The molecule has 0 saturated carbocycles. The van der Waals surface area contributed by atoms with Crippen molar-refractivity contribution in [3.8, 4) is 11.5 Å². The highest BCUT2D eigenvalue weighted by Gasteiger charge is 2.04. The van der Waals surface area contributed by atoms with Crippen molar-refractivity contribution in [2.75, 3.05) is 13.2 Å². The molecule has 3 heteroatoms. The molecule has 0 atom stereocenters. The van der Waals surface area contributed by atoms with Crippen LogP contribution in [-0.4, -0.2) is 19.5 Å². The zero-order valence-electron chi connectivity index (χ0n) is 8.37. The molecule has 1 aromatic carbocycles. The van der Waals surface area contributed by atoms with E-state index >= 15 is 0 Å². The first-order chi connectivity index (χ1) is 6.81. The molecule has 0 aliphatic carbocycles. The lowest BCUT2D eigenvalue weighted by molar-refractivity contribution is 0.322. The largest absolute Gasteiger partial charge is 0.494 e. The van der Waals surface area contributed by atoms with Crippen LogP contribution in [0.5, 0.6) is 11.5 Å². The molecule has 75 valence electrons. The summed E-state index contributed by atoms with van der Waals surface area (Å²) in [4.78, 5) is 10.5. The Labute approximate surface area is 83.6 Å². The molecule has 0 aliphatic heterocycles. The van der Waals surface area contributed by atoms with Gasteiger partial charge in [0.1, 0.15) is 11.5 Å². The van der Waals surface area contributed by atoms with E-state index in [-0.39, 0.29) is 0 Å². The lowest BCUT2D eigenvalue weighted by Crippen LogP contribution is -1.98. The zero-order valence-corrected chi connectivity index (χ0v) is 8.37. The molecule has 0 bridgehead atoms. The van der Waals surface area contributed by atoms with E-state index in [9.17, 15) is 4.79 Å². The normalized spacial score (nSPS) is 9.57. The molecule has 0 heterocycles. The van der Waals surface area contributed by atoms with Gasteiger partial charge in [-0.3, -0.25) is 4.79 Å². The molecule has 1 radical (unpaired) electrons. The van der Waals surface area contributed by atoms with E-state index < -0.39 is 0 Å². The quantitative estimate of drug-likeness (QED) is 0.716. The molecular formula is C11H13O3. The molecule has 0 aliphatic rings. The molecule has 1 rings (SSSR count). The van der Waals surface area contributed by atoms with Crippen molar-refractivity contribution in [1.29, 1.82) is 0 Å². The summed E-state index contributed by atoms with van der Waals surface area (Å²) in [6.07, 6.45) is 1.82. The van der Waals surface area contributed by atoms with Gasteiger partial charge in [-0.2, -0.15) is 0 Å². The van der Waals surface area contributed by atoms with Gasteiger partial charge in [-0.25, -0.2) is 0 Å². The van der Waals surface area contributed by atoms with Gasteiger partial charge in [0.15, 0.2) is 0 Å². The van der Waals surface area contributed by atoms with Gasteiger partial charge in [0.2, 0.25) is 6.29 Å². The first-order valence-corrected chi connectivity index (χ1v) is 4.59. The number of hydrogen-bond donors (Lipinski definition) is 0. The number of ether oxygens (including phenoxy) is 2. The fraction of sp³-hybridized carbons (Fsp3) is 0.364. The van der Waals surface area contributed by atoms with Crippen LogP contribution in [0, 0.1) is 0 Å². The third-order valence-corrected chi connectivity index (χ3v) is 1.67. The Balaban J connectivity index is 2.94. The predicted molar refractivity (Wildman–Crippen MR) is 53.6 cm³/mol. The molecule has 14 heavy (non-hydrogen) atoms. The average molecular weight is 193 g/mol. The van der Waals surface area contributed by atoms with Crippen LogP contribution in [0.3, 0.4) is 0 Å². The van der Waals surface area contributed by atoms with E-state index in [1.807, 2.05) is 20.1 Å². The zero-order chi connectivity index (χ0) is 10.4. The molecular weight excluding hydrogens is 180 g/mol. The van der Waals surface area contributed by atoms with E-state index in [0.29, 0.717) is 30.3 Å². The lowest BCUT2D eigenvalue weighted by atomic mass is 10.2. The first kappa shape index (κ1) is 10.6. The van der Waals surface area contributed by atoms with E-state index in [1.165, 1.54) is 0 Å². The summed E-state index contributed by atoms with van der Waals surface area (Å²) >= 11 is 0. The van der Waals surface area contributed by atoms with Crippen molar-refractivity contribution in [1.82, 2.24) is 0 Å². The summed E-state index contributed by atoms with van der Waals surface area (Å²) in [5, 5.41) is 0. The maximum Gasteiger partial charge on any atom is 0.237 e. The van der Waals surface area contributed by atoms with Crippen LogP contribution >= 0.6 is 0 Å². The van der Waals surface area contributed by atoms with E-state index in [1.54, 1.807) is 18.2 Å².